The molecule has 0 aliphatic carbocycles. The molecule has 2 unspecified atom stereocenters. The van der Waals surface area contributed by atoms with Gasteiger partial charge in [-0.05, 0) is 0 Å². The number of unbranched alkanes of at least 4 members (excludes halogenated alkanes) is 1. The van der Waals surface area contributed by atoms with Crippen LogP contribution in [0.3, 0.4) is 0 Å². The summed E-state index contributed by atoms with van der Waals surface area (Å²) in [6.45, 7) is 8.39. The molecule has 0 bridgehead atoms. The van der Waals surface area contributed by atoms with E-state index in [0.717, 1.165) is 34.2 Å². The minimum absolute atomic E-state index is 0.479. The predicted molar refractivity (Wildman–Crippen MR) is 116 cm³/mol. The van der Waals surface area contributed by atoms with Gasteiger partial charge in [0, 0.05) is 12.8 Å². The van der Waals surface area contributed by atoms with Crippen molar-refractivity contribution in [2.45, 2.75) is 12.8 Å². The van der Waals surface area contributed by atoms with Gasteiger partial charge in [0.15, 0.2) is 12.7 Å². The number of nitrogens with zero attached hydrogens (tertiary/aromatic N) is 4. The largest absolute Gasteiger partial charge is 0.748 e. The second-order valence-corrected chi connectivity index (χ2v) is 9.90. The molecule has 2 aliphatic rings. The molecular formula is C18H30N4O6S2. The molecule has 10 nitrogen and oxygen atoms in total. The zero-order valence-corrected chi connectivity index (χ0v) is 19.0. The van der Waals surface area contributed by atoms with Crippen molar-refractivity contribution in [1.82, 2.24) is 0 Å². The lowest BCUT2D eigenvalue weighted by atomic mass is 10.2. The van der Waals surface area contributed by atoms with E-state index < -0.39 is 31.7 Å². The molecule has 12 heteroatoms. The van der Waals surface area contributed by atoms with E-state index in [1.54, 1.807) is 0 Å². The lowest BCUT2D eigenvalue weighted by Crippen LogP contribution is -2.38. The number of hydrogen-bond acceptors (Lipinski definition) is 8. The molecular weight excluding hydrogens is 432 g/mol. The summed E-state index contributed by atoms with van der Waals surface area (Å²) in [4.78, 5) is 8.27. The van der Waals surface area contributed by atoms with Crippen LogP contribution in [0.15, 0.2) is 60.1 Å². The summed E-state index contributed by atoms with van der Waals surface area (Å²) in [6.07, 6.45) is 16.5. The SMILES string of the molecule is C=CCS(=O)(=O)[O-].C=CCS(=O)(=O)[O-].C[N+]1(CCCC[N+]2(C)C=CN=C2)C=CN=C1. The minimum Gasteiger partial charge on any atom is -0.748 e. The molecule has 0 spiro atoms. The molecule has 2 heterocycles. The zero-order valence-electron chi connectivity index (χ0n) is 17.3. The quantitative estimate of drug-likeness (QED) is 0.218. The average molecular weight is 463 g/mol. The van der Waals surface area contributed by atoms with E-state index in [4.69, 9.17) is 0 Å². The maximum Gasteiger partial charge on any atom is 0.194 e. The Hall–Kier alpha value is -1.96. The van der Waals surface area contributed by atoms with Gasteiger partial charge >= 0.3 is 0 Å². The van der Waals surface area contributed by atoms with Crippen LogP contribution < -0.4 is 0 Å². The summed E-state index contributed by atoms with van der Waals surface area (Å²) in [5.41, 5.74) is 0. The summed E-state index contributed by atoms with van der Waals surface area (Å²) < 4.78 is 59.3. The fourth-order valence-corrected chi connectivity index (χ4v) is 2.88. The molecule has 0 fully saturated rings. The van der Waals surface area contributed by atoms with Crippen molar-refractivity contribution in [2.24, 2.45) is 9.98 Å². The van der Waals surface area contributed by atoms with Gasteiger partial charge in [0.1, 0.15) is 12.4 Å². The average Bonchev–Trinajstić information content (AvgIpc) is 3.20. The summed E-state index contributed by atoms with van der Waals surface area (Å²) in [6, 6.07) is 0. The first-order valence-electron chi connectivity index (χ1n) is 8.97. The Morgan fingerprint density at radius 1 is 0.800 bits per heavy atom. The van der Waals surface area contributed by atoms with Gasteiger partial charge in [-0.15, -0.1) is 13.2 Å². The minimum atomic E-state index is -4.04. The Labute approximate surface area is 179 Å². The van der Waals surface area contributed by atoms with Crippen LogP contribution in [0.2, 0.25) is 0 Å². The number of quaternary nitrogens is 2. The van der Waals surface area contributed by atoms with Crippen molar-refractivity contribution in [3.8, 4) is 0 Å². The van der Waals surface area contributed by atoms with Gasteiger partial charge < -0.3 is 9.11 Å². The van der Waals surface area contributed by atoms with E-state index >= 15 is 0 Å². The molecule has 0 N–H and O–H groups in total. The highest BCUT2D eigenvalue weighted by Crippen LogP contribution is 2.12. The van der Waals surface area contributed by atoms with E-state index in [9.17, 15) is 25.9 Å². The lowest BCUT2D eigenvalue weighted by molar-refractivity contribution is -0.764. The highest BCUT2D eigenvalue weighted by Gasteiger charge is 2.22. The second kappa shape index (κ2) is 12.7. The van der Waals surface area contributed by atoms with E-state index in [1.807, 2.05) is 25.1 Å². The van der Waals surface area contributed by atoms with Crippen LogP contribution in [0.1, 0.15) is 12.8 Å². The zero-order chi connectivity index (χ0) is 23.3. The van der Waals surface area contributed by atoms with Crippen molar-refractivity contribution < 1.29 is 34.9 Å². The Balaban J connectivity index is 0.000000503. The summed E-state index contributed by atoms with van der Waals surface area (Å²) in [5.74, 6) is -0.958. The molecule has 2 rings (SSSR count). The van der Waals surface area contributed by atoms with Gasteiger partial charge in [-0.2, -0.15) is 0 Å². The van der Waals surface area contributed by atoms with Gasteiger partial charge in [-0.25, -0.2) is 26.8 Å². The van der Waals surface area contributed by atoms with Gasteiger partial charge in [0.05, 0.1) is 71.3 Å². The third-order valence-electron chi connectivity index (χ3n) is 3.82. The van der Waals surface area contributed by atoms with Gasteiger partial charge in [-0.3, -0.25) is 8.97 Å². The Bertz CT molecular complexity index is 792. The smallest absolute Gasteiger partial charge is 0.194 e. The van der Waals surface area contributed by atoms with Crippen LogP contribution in [-0.2, 0) is 20.2 Å². The molecule has 0 saturated carbocycles. The van der Waals surface area contributed by atoms with E-state index in [0.29, 0.717) is 0 Å². The normalized spacial score (nSPS) is 24.0. The van der Waals surface area contributed by atoms with Crippen molar-refractivity contribution in [3.05, 3.63) is 50.1 Å². The monoisotopic (exact) mass is 462 g/mol. The maximum atomic E-state index is 9.60. The Morgan fingerprint density at radius 2 is 1.13 bits per heavy atom. The predicted octanol–water partition coefficient (Wildman–Crippen LogP) is 1.12. The maximum absolute atomic E-state index is 9.60. The fourth-order valence-electron chi connectivity index (χ4n) is 2.30. The number of hydrogen-bond donors (Lipinski definition) is 0. The van der Waals surface area contributed by atoms with Crippen molar-refractivity contribution in [1.29, 1.82) is 0 Å². The fraction of sp³-hybridized carbons (Fsp3) is 0.444. The van der Waals surface area contributed by atoms with Crippen LogP contribution in [0.5, 0.6) is 0 Å². The molecule has 0 aromatic heterocycles. The molecule has 0 amide bonds. The van der Waals surface area contributed by atoms with E-state index in [-0.39, 0.29) is 0 Å². The number of aliphatic imine (C=N–C) groups is 2. The molecule has 2 aliphatic heterocycles. The van der Waals surface area contributed by atoms with Crippen LogP contribution in [0, 0.1) is 0 Å². The van der Waals surface area contributed by atoms with Gasteiger partial charge in [0.25, 0.3) is 0 Å². The third kappa shape index (κ3) is 15.0. The van der Waals surface area contributed by atoms with Crippen molar-refractivity contribution >= 4 is 32.9 Å². The van der Waals surface area contributed by atoms with E-state index in [2.05, 4.69) is 49.6 Å². The third-order valence-corrected chi connectivity index (χ3v) is 5.11. The standard InChI is InChI=1S/C12H20N4.2C3H6O3S/c1-15(9-5-13-11-15)7-3-4-8-16(2)10-6-14-12-16;2*1-2-3-7(4,5)6/h5-6,9-12H,3-4,7-8H2,1-2H3;2*2H,1,3H2,(H,4,5,6)/q+2;;/p-2. The lowest BCUT2D eigenvalue weighted by Gasteiger charge is -2.24. The van der Waals surface area contributed by atoms with Crippen LogP contribution >= 0.6 is 0 Å². The topological polar surface area (TPSA) is 139 Å². The summed E-state index contributed by atoms with van der Waals surface area (Å²) >= 11 is 0. The van der Waals surface area contributed by atoms with Crippen LogP contribution in [0.4, 0.5) is 0 Å². The van der Waals surface area contributed by atoms with E-state index in [1.165, 1.54) is 12.8 Å². The van der Waals surface area contributed by atoms with Crippen molar-refractivity contribution in [3.63, 3.8) is 0 Å². The van der Waals surface area contributed by atoms with Crippen LogP contribution in [-0.4, -0.2) is 86.3 Å². The highest BCUT2D eigenvalue weighted by atomic mass is 32.2. The molecule has 30 heavy (non-hydrogen) atoms. The Morgan fingerprint density at radius 3 is 1.30 bits per heavy atom. The first-order chi connectivity index (χ1) is 13.7. The summed E-state index contributed by atoms with van der Waals surface area (Å²) in [7, 11) is -3.72. The first kappa shape index (κ1) is 28.0. The molecule has 170 valence electrons. The van der Waals surface area contributed by atoms with Gasteiger partial charge in [-0.1, -0.05) is 12.2 Å². The molecule has 0 aromatic carbocycles. The molecule has 0 aromatic rings. The summed E-state index contributed by atoms with van der Waals surface area (Å²) in [5, 5.41) is 0. The van der Waals surface area contributed by atoms with Crippen molar-refractivity contribution in [2.75, 3.05) is 38.7 Å². The molecule has 2 atom stereocenters. The molecule has 0 saturated heterocycles. The highest BCUT2D eigenvalue weighted by molar-refractivity contribution is 7.86. The number of rotatable bonds is 9. The van der Waals surface area contributed by atoms with Crippen LogP contribution in [0.25, 0.3) is 0 Å². The Kier molecular flexibility index (Phi) is 11.8. The second-order valence-electron chi connectivity index (χ2n) is 7.00. The first-order valence-corrected chi connectivity index (χ1v) is 12.1. The van der Waals surface area contributed by atoms with Gasteiger partial charge in [0.2, 0.25) is 0 Å². The molecule has 0 radical (unpaired) electrons.